The van der Waals surface area contributed by atoms with Gasteiger partial charge in [-0.2, -0.15) is 0 Å². The van der Waals surface area contributed by atoms with Gasteiger partial charge in [0.15, 0.2) is 0 Å². The minimum atomic E-state index is -0.428. The van der Waals surface area contributed by atoms with E-state index < -0.39 is 4.92 Å². The van der Waals surface area contributed by atoms with Gasteiger partial charge in [-0.1, -0.05) is 42.0 Å². The van der Waals surface area contributed by atoms with E-state index in [1.54, 1.807) is 12.1 Å². The first-order valence-corrected chi connectivity index (χ1v) is 8.89. The van der Waals surface area contributed by atoms with Crippen molar-refractivity contribution in [3.8, 4) is 0 Å². The van der Waals surface area contributed by atoms with Gasteiger partial charge in [-0.25, -0.2) is 0 Å². The third-order valence-corrected chi connectivity index (χ3v) is 5.85. The summed E-state index contributed by atoms with van der Waals surface area (Å²) in [5, 5.41) is 15.0. The normalized spacial score (nSPS) is 24.2. The molecule has 0 spiro atoms. The Morgan fingerprint density at radius 3 is 2.92 bits per heavy atom. The minimum absolute atomic E-state index is 0.00664. The van der Waals surface area contributed by atoms with Crippen LogP contribution in [-0.2, 0) is 0 Å². The summed E-state index contributed by atoms with van der Waals surface area (Å²) in [5.41, 5.74) is 3.18. The lowest BCUT2D eigenvalue weighted by atomic mass is 9.77. The van der Waals surface area contributed by atoms with Crippen LogP contribution in [0.25, 0.3) is 0 Å². The zero-order valence-corrected chi connectivity index (χ0v) is 14.9. The molecule has 2 aromatic carbocycles. The molecule has 0 saturated heterocycles. The number of halogens is 2. The highest BCUT2D eigenvalue weighted by molar-refractivity contribution is 9.10. The molecule has 0 aromatic heterocycles. The second kappa shape index (κ2) is 5.90. The molecular formula is C18H14BrClN2O2. The SMILES string of the molecule is O=[N+]([O-])c1cc(C2Nc3c(Br)cccc3C3C=CCC32)ccc1Cl. The van der Waals surface area contributed by atoms with Gasteiger partial charge in [0, 0.05) is 16.5 Å². The van der Waals surface area contributed by atoms with Crippen LogP contribution in [0.2, 0.25) is 5.02 Å². The first-order chi connectivity index (χ1) is 11.6. The topological polar surface area (TPSA) is 55.2 Å². The van der Waals surface area contributed by atoms with E-state index in [2.05, 4.69) is 39.5 Å². The maximum Gasteiger partial charge on any atom is 0.288 e. The molecule has 0 radical (unpaired) electrons. The van der Waals surface area contributed by atoms with Crippen LogP contribution in [0.3, 0.4) is 0 Å². The van der Waals surface area contributed by atoms with Crippen LogP contribution >= 0.6 is 27.5 Å². The summed E-state index contributed by atoms with van der Waals surface area (Å²) in [6, 6.07) is 11.3. The molecule has 1 N–H and O–H groups in total. The number of para-hydroxylation sites is 1. The summed E-state index contributed by atoms with van der Waals surface area (Å²) in [5.74, 6) is 0.658. The Morgan fingerprint density at radius 1 is 1.29 bits per heavy atom. The third-order valence-electron chi connectivity index (χ3n) is 4.87. The largest absolute Gasteiger partial charge is 0.377 e. The van der Waals surface area contributed by atoms with Gasteiger partial charge < -0.3 is 5.32 Å². The quantitative estimate of drug-likeness (QED) is 0.388. The Labute approximate surface area is 152 Å². The summed E-state index contributed by atoms with van der Waals surface area (Å²) in [4.78, 5) is 10.8. The van der Waals surface area contributed by atoms with Gasteiger partial charge in [0.2, 0.25) is 0 Å². The van der Waals surface area contributed by atoms with E-state index in [0.717, 1.165) is 22.1 Å². The Kier molecular flexibility index (Phi) is 3.85. The molecular weight excluding hydrogens is 392 g/mol. The lowest BCUT2D eigenvalue weighted by molar-refractivity contribution is -0.384. The summed E-state index contributed by atoms with van der Waals surface area (Å²) < 4.78 is 1.01. The number of benzene rings is 2. The molecule has 1 aliphatic heterocycles. The van der Waals surface area contributed by atoms with Crippen LogP contribution < -0.4 is 5.32 Å². The number of hydrogen-bond donors (Lipinski definition) is 1. The number of anilines is 1. The fraction of sp³-hybridized carbons (Fsp3) is 0.222. The highest BCUT2D eigenvalue weighted by atomic mass is 79.9. The van der Waals surface area contributed by atoms with Gasteiger partial charge in [0.25, 0.3) is 5.69 Å². The number of nitro benzene ring substituents is 1. The molecule has 0 amide bonds. The van der Waals surface area contributed by atoms with Crippen molar-refractivity contribution in [1.82, 2.24) is 0 Å². The van der Waals surface area contributed by atoms with Crippen molar-refractivity contribution in [3.05, 3.63) is 79.3 Å². The molecule has 3 unspecified atom stereocenters. The molecule has 4 nitrogen and oxygen atoms in total. The summed E-state index contributed by atoms with van der Waals surface area (Å²) in [6.45, 7) is 0. The van der Waals surface area contributed by atoms with Gasteiger partial charge in [-0.05, 0) is 51.5 Å². The van der Waals surface area contributed by atoms with E-state index in [1.165, 1.54) is 5.56 Å². The van der Waals surface area contributed by atoms with Crippen molar-refractivity contribution in [2.24, 2.45) is 5.92 Å². The average molecular weight is 406 g/mol. The fourth-order valence-corrected chi connectivity index (χ4v) is 4.46. The van der Waals surface area contributed by atoms with E-state index >= 15 is 0 Å². The Hall–Kier alpha value is -1.85. The molecule has 1 heterocycles. The molecule has 3 atom stereocenters. The molecule has 6 heteroatoms. The minimum Gasteiger partial charge on any atom is -0.377 e. The third kappa shape index (κ3) is 2.43. The molecule has 122 valence electrons. The van der Waals surface area contributed by atoms with Crippen LogP contribution in [0.1, 0.15) is 29.5 Å². The van der Waals surface area contributed by atoms with Crippen LogP contribution in [0.15, 0.2) is 53.0 Å². The fourth-order valence-electron chi connectivity index (χ4n) is 3.78. The highest BCUT2D eigenvalue weighted by Gasteiger charge is 2.39. The number of allylic oxidation sites excluding steroid dienone is 2. The monoisotopic (exact) mass is 404 g/mol. The van der Waals surface area contributed by atoms with Gasteiger partial charge in [-0.15, -0.1) is 0 Å². The van der Waals surface area contributed by atoms with E-state index in [1.807, 2.05) is 18.2 Å². The first kappa shape index (κ1) is 15.7. The van der Waals surface area contributed by atoms with E-state index in [4.69, 9.17) is 11.6 Å². The molecule has 2 aliphatic rings. The van der Waals surface area contributed by atoms with Crippen LogP contribution in [0.4, 0.5) is 11.4 Å². The van der Waals surface area contributed by atoms with Gasteiger partial charge >= 0.3 is 0 Å². The zero-order chi connectivity index (χ0) is 16.8. The van der Waals surface area contributed by atoms with Gasteiger partial charge in [0.1, 0.15) is 5.02 Å². The van der Waals surface area contributed by atoms with Gasteiger partial charge in [-0.3, -0.25) is 10.1 Å². The van der Waals surface area contributed by atoms with Gasteiger partial charge in [0.05, 0.1) is 16.7 Å². The molecule has 1 aliphatic carbocycles. The molecule has 4 rings (SSSR count). The van der Waals surface area contributed by atoms with Crippen molar-refractivity contribution >= 4 is 38.9 Å². The van der Waals surface area contributed by atoms with Crippen molar-refractivity contribution in [2.45, 2.75) is 18.4 Å². The Balaban J connectivity index is 1.81. The van der Waals surface area contributed by atoms with Crippen LogP contribution in [0, 0.1) is 16.0 Å². The second-order valence-electron chi connectivity index (χ2n) is 6.15. The molecule has 0 fully saturated rings. The van der Waals surface area contributed by atoms with E-state index in [0.29, 0.717) is 11.8 Å². The van der Waals surface area contributed by atoms with Crippen molar-refractivity contribution in [1.29, 1.82) is 0 Å². The maximum absolute atomic E-state index is 11.2. The van der Waals surface area contributed by atoms with Crippen LogP contribution in [-0.4, -0.2) is 4.92 Å². The number of nitro groups is 1. The summed E-state index contributed by atoms with van der Waals surface area (Å²) >= 11 is 9.58. The van der Waals surface area contributed by atoms with Crippen LogP contribution in [0.5, 0.6) is 0 Å². The lowest BCUT2D eigenvalue weighted by Gasteiger charge is -2.38. The average Bonchev–Trinajstić information content (AvgIpc) is 3.05. The standard InChI is InChI=1S/C18H14BrClN2O2/c19-14-6-2-5-13-11-3-1-4-12(11)17(21-18(13)14)10-7-8-15(20)16(9-10)22(23)24/h1-3,5-9,11-12,17,21H,4H2. The predicted octanol–water partition coefficient (Wildman–Crippen LogP) is 5.84. The number of nitrogens with one attached hydrogen (secondary N) is 1. The maximum atomic E-state index is 11.2. The Morgan fingerprint density at radius 2 is 2.12 bits per heavy atom. The van der Waals surface area contributed by atoms with Crippen molar-refractivity contribution in [3.63, 3.8) is 0 Å². The highest BCUT2D eigenvalue weighted by Crippen LogP contribution is 2.51. The van der Waals surface area contributed by atoms with E-state index in [-0.39, 0.29) is 16.8 Å². The molecule has 24 heavy (non-hydrogen) atoms. The molecule has 0 bridgehead atoms. The number of hydrogen-bond acceptors (Lipinski definition) is 3. The number of nitrogens with zero attached hydrogens (tertiary/aromatic N) is 1. The van der Waals surface area contributed by atoms with E-state index in [9.17, 15) is 10.1 Å². The number of fused-ring (bicyclic) bond motifs is 3. The smallest absolute Gasteiger partial charge is 0.288 e. The van der Waals surface area contributed by atoms with Crippen molar-refractivity contribution < 1.29 is 4.92 Å². The zero-order valence-electron chi connectivity index (χ0n) is 12.6. The molecule has 2 aromatic rings. The molecule has 0 saturated carbocycles. The first-order valence-electron chi connectivity index (χ1n) is 7.71. The summed E-state index contributed by atoms with van der Waals surface area (Å²) in [6.07, 6.45) is 5.39. The second-order valence-corrected chi connectivity index (χ2v) is 7.41. The van der Waals surface area contributed by atoms with Crippen molar-refractivity contribution in [2.75, 3.05) is 5.32 Å². The lowest BCUT2D eigenvalue weighted by Crippen LogP contribution is -2.29. The summed E-state index contributed by atoms with van der Waals surface area (Å²) in [7, 11) is 0. The predicted molar refractivity (Wildman–Crippen MR) is 98.6 cm³/mol. The number of rotatable bonds is 2. The Bertz CT molecular complexity index is 868.